The van der Waals surface area contributed by atoms with Gasteiger partial charge in [0.25, 0.3) is 5.56 Å². The molecule has 140 valence electrons. The Morgan fingerprint density at radius 1 is 1.21 bits per heavy atom. The molecule has 4 aromatic rings. The number of nitrogens with one attached hydrogen (secondary N) is 1. The van der Waals surface area contributed by atoms with E-state index in [-0.39, 0.29) is 5.56 Å². The van der Waals surface area contributed by atoms with E-state index < -0.39 is 5.97 Å². The van der Waals surface area contributed by atoms with Gasteiger partial charge in [-0.3, -0.25) is 4.79 Å². The molecule has 0 bridgehead atoms. The average Bonchev–Trinajstić information content (AvgIpc) is 3.37. The number of ether oxygens (including phenoxy) is 1. The summed E-state index contributed by atoms with van der Waals surface area (Å²) in [4.78, 5) is 33.1. The van der Waals surface area contributed by atoms with E-state index in [2.05, 4.69) is 14.7 Å². The number of rotatable bonds is 4. The van der Waals surface area contributed by atoms with Crippen LogP contribution in [-0.2, 0) is 4.74 Å². The molecule has 0 unspecified atom stereocenters. The van der Waals surface area contributed by atoms with Gasteiger partial charge < -0.3 is 9.72 Å². The lowest BCUT2D eigenvalue weighted by Crippen LogP contribution is -2.10. The van der Waals surface area contributed by atoms with Crippen LogP contribution < -0.4 is 5.56 Å². The van der Waals surface area contributed by atoms with Crippen LogP contribution in [0, 0.1) is 0 Å². The van der Waals surface area contributed by atoms with Crippen LogP contribution in [0.3, 0.4) is 0 Å². The molecule has 4 rings (SSSR count). The monoisotopic (exact) mass is 428 g/mol. The van der Waals surface area contributed by atoms with Crippen molar-refractivity contribution in [2.45, 2.75) is 0 Å². The lowest BCUT2D eigenvalue weighted by atomic mass is 10.1. The highest BCUT2D eigenvalue weighted by Gasteiger charge is 2.14. The smallest absolute Gasteiger partial charge is 0.337 e. The van der Waals surface area contributed by atoms with E-state index in [1.807, 2.05) is 22.9 Å². The van der Waals surface area contributed by atoms with E-state index in [1.165, 1.54) is 18.4 Å². The van der Waals surface area contributed by atoms with Gasteiger partial charge in [-0.2, -0.15) is 0 Å². The summed E-state index contributed by atoms with van der Waals surface area (Å²) in [6.07, 6.45) is 1.68. The topological polar surface area (TPSA) is 72.0 Å². The van der Waals surface area contributed by atoms with E-state index in [4.69, 9.17) is 11.6 Å². The van der Waals surface area contributed by atoms with Gasteiger partial charge in [-0.15, -0.1) is 22.7 Å². The predicted octanol–water partition coefficient (Wildman–Crippen LogP) is 5.24. The Morgan fingerprint density at radius 3 is 2.68 bits per heavy atom. The number of nitrogens with zero attached hydrogens (tertiary/aromatic N) is 1. The lowest BCUT2D eigenvalue weighted by Gasteiger charge is -2.02. The van der Waals surface area contributed by atoms with E-state index in [0.717, 1.165) is 16.0 Å². The van der Waals surface area contributed by atoms with Crippen molar-refractivity contribution >= 4 is 61.6 Å². The molecule has 1 N–H and O–H groups in total. The number of carbonyl (C=O) groups excluding carboxylic acids is 1. The van der Waals surface area contributed by atoms with Crippen LogP contribution in [0.4, 0.5) is 0 Å². The molecule has 0 saturated heterocycles. The van der Waals surface area contributed by atoms with Crippen molar-refractivity contribution < 1.29 is 9.53 Å². The minimum atomic E-state index is -0.405. The molecule has 3 aromatic heterocycles. The molecule has 1 aromatic carbocycles. The van der Waals surface area contributed by atoms with Crippen molar-refractivity contribution in [3.05, 3.63) is 74.5 Å². The minimum Gasteiger partial charge on any atom is -0.465 e. The molecule has 0 aliphatic carbocycles. The number of halogens is 1. The number of esters is 1. The summed E-state index contributed by atoms with van der Waals surface area (Å²) in [7, 11) is 1.33. The van der Waals surface area contributed by atoms with Crippen LogP contribution in [0.5, 0.6) is 0 Å². The van der Waals surface area contributed by atoms with Gasteiger partial charge in [-0.1, -0.05) is 29.8 Å². The van der Waals surface area contributed by atoms with Gasteiger partial charge >= 0.3 is 5.97 Å². The number of H-pyrrole nitrogens is 1. The molecule has 0 aliphatic rings. The molecule has 0 fully saturated rings. The summed E-state index contributed by atoms with van der Waals surface area (Å²) in [6, 6.07) is 10.7. The minimum absolute atomic E-state index is 0.225. The third-order valence-electron chi connectivity index (χ3n) is 4.08. The fourth-order valence-corrected chi connectivity index (χ4v) is 4.70. The molecule has 0 radical (unpaired) electrons. The van der Waals surface area contributed by atoms with Crippen LogP contribution >= 0.6 is 34.3 Å². The van der Waals surface area contributed by atoms with Crippen LogP contribution in [0.25, 0.3) is 31.8 Å². The number of fused-ring (bicyclic) bond motifs is 1. The number of hydrogen-bond donors (Lipinski definition) is 1. The molecular formula is C20H13ClN2O3S2. The second-order valence-electron chi connectivity index (χ2n) is 5.83. The summed E-state index contributed by atoms with van der Waals surface area (Å²) in [5.74, 6) is -0.104. The Labute approximate surface area is 172 Å². The lowest BCUT2D eigenvalue weighted by molar-refractivity contribution is 0.0600. The molecule has 0 spiro atoms. The number of thiophene rings is 2. The van der Waals surface area contributed by atoms with Gasteiger partial charge in [0.05, 0.1) is 23.1 Å². The third kappa shape index (κ3) is 3.52. The number of benzene rings is 1. The van der Waals surface area contributed by atoms with Crippen molar-refractivity contribution in [3.63, 3.8) is 0 Å². The first kappa shape index (κ1) is 18.6. The fourth-order valence-electron chi connectivity index (χ4n) is 2.72. The molecule has 0 atom stereocenters. The first-order chi connectivity index (χ1) is 13.6. The number of aromatic nitrogens is 2. The maximum Gasteiger partial charge on any atom is 0.337 e. The van der Waals surface area contributed by atoms with Crippen molar-refractivity contribution in [1.82, 2.24) is 9.97 Å². The zero-order valence-corrected chi connectivity index (χ0v) is 17.0. The van der Waals surface area contributed by atoms with Crippen molar-refractivity contribution in [2.24, 2.45) is 0 Å². The molecular weight excluding hydrogens is 416 g/mol. The molecule has 28 heavy (non-hydrogen) atoms. The summed E-state index contributed by atoms with van der Waals surface area (Å²) >= 11 is 9.38. The second kappa shape index (κ2) is 7.71. The number of carbonyl (C=O) groups is 1. The van der Waals surface area contributed by atoms with Gasteiger partial charge in [-0.25, -0.2) is 9.78 Å². The first-order valence-electron chi connectivity index (χ1n) is 8.18. The fraction of sp³-hybridized carbons (Fsp3) is 0.0500. The third-order valence-corrected chi connectivity index (χ3v) is 6.15. The predicted molar refractivity (Wildman–Crippen MR) is 115 cm³/mol. The Hall–Kier alpha value is -2.74. The zero-order valence-electron chi connectivity index (χ0n) is 14.6. The van der Waals surface area contributed by atoms with Crippen LogP contribution in [0.1, 0.15) is 21.7 Å². The molecule has 5 nitrogen and oxygen atoms in total. The molecule has 3 heterocycles. The van der Waals surface area contributed by atoms with Crippen LogP contribution in [0.2, 0.25) is 0 Å². The molecule has 0 aliphatic heterocycles. The normalized spacial score (nSPS) is 11.7. The quantitative estimate of drug-likeness (QED) is 0.451. The highest BCUT2D eigenvalue weighted by Crippen LogP contribution is 2.34. The largest absolute Gasteiger partial charge is 0.465 e. The molecule has 0 saturated carbocycles. The summed E-state index contributed by atoms with van der Waals surface area (Å²) < 4.78 is 4.68. The SMILES string of the molecule is COC(=O)c1ccc(/C=C(\Cl)c2nc3scc(-c4cccs4)c3c(=O)[nH]2)cc1. The van der Waals surface area contributed by atoms with Gasteiger partial charge in [0.15, 0.2) is 5.82 Å². The highest BCUT2D eigenvalue weighted by molar-refractivity contribution is 7.18. The summed E-state index contributed by atoms with van der Waals surface area (Å²) in [5.41, 5.74) is 1.88. The standard InChI is InChI=1S/C20H13ClN2O3S2/c1-26-20(25)12-6-4-11(5-7-12)9-14(21)17-22-18(24)16-13(10-28-19(16)23-17)15-3-2-8-27-15/h2-10H,1H3,(H,22,23,24)/b14-9-. The summed E-state index contributed by atoms with van der Waals surface area (Å²) in [5, 5.41) is 4.78. The second-order valence-corrected chi connectivity index (χ2v) is 8.04. The van der Waals surface area contributed by atoms with Gasteiger partial charge in [-0.05, 0) is 35.2 Å². The summed E-state index contributed by atoms with van der Waals surface area (Å²) in [6.45, 7) is 0. The van der Waals surface area contributed by atoms with E-state index in [9.17, 15) is 9.59 Å². The Morgan fingerprint density at radius 2 is 2.00 bits per heavy atom. The van der Waals surface area contributed by atoms with Crippen LogP contribution in [-0.4, -0.2) is 23.0 Å². The van der Waals surface area contributed by atoms with Gasteiger partial charge in [0.1, 0.15) is 4.83 Å². The van der Waals surface area contributed by atoms with E-state index in [0.29, 0.717) is 26.6 Å². The van der Waals surface area contributed by atoms with E-state index >= 15 is 0 Å². The maximum atomic E-state index is 12.7. The Bertz CT molecular complexity index is 1240. The van der Waals surface area contributed by atoms with E-state index in [1.54, 1.807) is 41.7 Å². The van der Waals surface area contributed by atoms with Crippen molar-refractivity contribution in [2.75, 3.05) is 7.11 Å². The zero-order chi connectivity index (χ0) is 19.7. The average molecular weight is 429 g/mol. The number of methoxy groups -OCH3 is 1. The number of hydrogen-bond acceptors (Lipinski definition) is 6. The molecule has 8 heteroatoms. The first-order valence-corrected chi connectivity index (χ1v) is 10.3. The highest BCUT2D eigenvalue weighted by atomic mass is 35.5. The molecule has 0 amide bonds. The van der Waals surface area contributed by atoms with Crippen molar-refractivity contribution in [3.8, 4) is 10.4 Å². The maximum absolute atomic E-state index is 12.7. The Kier molecular flexibility index (Phi) is 5.13. The van der Waals surface area contributed by atoms with Crippen molar-refractivity contribution in [1.29, 1.82) is 0 Å². The Balaban J connectivity index is 1.70. The van der Waals surface area contributed by atoms with Gasteiger partial charge in [0, 0.05) is 15.8 Å². The van der Waals surface area contributed by atoms with Gasteiger partial charge in [0.2, 0.25) is 0 Å². The number of aromatic amines is 1. The van der Waals surface area contributed by atoms with Crippen LogP contribution in [0.15, 0.2) is 52.0 Å².